The molecule has 1 atom stereocenters. The molecule has 2 N–H and O–H groups in total. The summed E-state index contributed by atoms with van der Waals surface area (Å²) in [6, 6.07) is 4.48. The molecule has 13 heavy (non-hydrogen) atoms. The predicted octanol–water partition coefficient (Wildman–Crippen LogP) is 3.72. The highest BCUT2D eigenvalue weighted by atomic mass is 32.1. The molecule has 2 heteroatoms. The second-order valence-corrected chi connectivity index (χ2v) is 4.45. The minimum absolute atomic E-state index is 0.275. The van der Waals surface area contributed by atoms with Crippen LogP contribution in [-0.4, -0.2) is 0 Å². The van der Waals surface area contributed by atoms with Crippen molar-refractivity contribution >= 4 is 11.3 Å². The van der Waals surface area contributed by atoms with Crippen molar-refractivity contribution in [2.24, 2.45) is 5.73 Å². The third-order valence-electron chi connectivity index (χ3n) is 2.28. The number of hydrogen-bond donors (Lipinski definition) is 1. The van der Waals surface area contributed by atoms with Crippen LogP contribution in [0.5, 0.6) is 0 Å². The number of hydrogen-bond acceptors (Lipinski definition) is 2. The standard InChI is InChI=1S/C11H19NS/c1-2-3-4-5-7-10(12)11-8-6-9-13-11/h6,8-10H,2-5,7,12H2,1H3. The van der Waals surface area contributed by atoms with Crippen molar-refractivity contribution in [3.05, 3.63) is 22.4 Å². The van der Waals surface area contributed by atoms with Crippen molar-refractivity contribution in [2.45, 2.75) is 45.1 Å². The van der Waals surface area contributed by atoms with Gasteiger partial charge in [-0.25, -0.2) is 0 Å². The first-order valence-electron chi connectivity index (χ1n) is 5.13. The lowest BCUT2D eigenvalue weighted by Gasteiger charge is -2.08. The fraction of sp³-hybridized carbons (Fsp3) is 0.636. The van der Waals surface area contributed by atoms with E-state index in [4.69, 9.17) is 5.73 Å². The van der Waals surface area contributed by atoms with Crippen LogP contribution in [0.2, 0.25) is 0 Å². The average Bonchev–Trinajstić information content (AvgIpc) is 2.65. The summed E-state index contributed by atoms with van der Waals surface area (Å²) in [4.78, 5) is 1.33. The van der Waals surface area contributed by atoms with Gasteiger partial charge in [0.1, 0.15) is 0 Å². The summed E-state index contributed by atoms with van der Waals surface area (Å²) in [5, 5.41) is 2.10. The molecular formula is C11H19NS. The average molecular weight is 197 g/mol. The molecule has 74 valence electrons. The van der Waals surface area contributed by atoms with Gasteiger partial charge in [0.05, 0.1) is 0 Å². The van der Waals surface area contributed by atoms with E-state index in [9.17, 15) is 0 Å². The van der Waals surface area contributed by atoms with Crippen molar-refractivity contribution in [1.82, 2.24) is 0 Å². The van der Waals surface area contributed by atoms with Gasteiger partial charge in [0, 0.05) is 10.9 Å². The first-order valence-corrected chi connectivity index (χ1v) is 6.01. The second-order valence-electron chi connectivity index (χ2n) is 3.47. The minimum Gasteiger partial charge on any atom is -0.323 e. The van der Waals surface area contributed by atoms with Gasteiger partial charge in [0.2, 0.25) is 0 Å². The molecule has 1 nitrogen and oxygen atoms in total. The topological polar surface area (TPSA) is 26.0 Å². The molecule has 1 aromatic heterocycles. The zero-order chi connectivity index (χ0) is 9.52. The van der Waals surface area contributed by atoms with Gasteiger partial charge >= 0.3 is 0 Å². The molecule has 0 aliphatic heterocycles. The van der Waals surface area contributed by atoms with Gasteiger partial charge in [-0.3, -0.25) is 0 Å². The first-order chi connectivity index (χ1) is 6.34. The molecule has 0 saturated heterocycles. The third-order valence-corrected chi connectivity index (χ3v) is 3.28. The van der Waals surface area contributed by atoms with Gasteiger partial charge in [-0.2, -0.15) is 0 Å². The predicted molar refractivity (Wildman–Crippen MR) is 60.0 cm³/mol. The van der Waals surface area contributed by atoms with Crippen LogP contribution in [0.4, 0.5) is 0 Å². The maximum atomic E-state index is 6.03. The zero-order valence-corrected chi connectivity index (χ0v) is 9.15. The van der Waals surface area contributed by atoms with Crippen molar-refractivity contribution in [3.8, 4) is 0 Å². The monoisotopic (exact) mass is 197 g/mol. The molecule has 0 aliphatic carbocycles. The van der Waals surface area contributed by atoms with Crippen molar-refractivity contribution in [2.75, 3.05) is 0 Å². The van der Waals surface area contributed by atoms with Crippen molar-refractivity contribution in [3.63, 3.8) is 0 Å². The summed E-state index contributed by atoms with van der Waals surface area (Å²) < 4.78 is 0. The number of nitrogens with two attached hydrogens (primary N) is 1. The van der Waals surface area contributed by atoms with E-state index in [0.29, 0.717) is 0 Å². The lowest BCUT2D eigenvalue weighted by atomic mass is 10.1. The van der Waals surface area contributed by atoms with Crippen molar-refractivity contribution in [1.29, 1.82) is 0 Å². The molecule has 0 radical (unpaired) electrons. The summed E-state index contributed by atoms with van der Waals surface area (Å²) in [5.74, 6) is 0. The van der Waals surface area contributed by atoms with Crippen LogP contribution in [-0.2, 0) is 0 Å². The van der Waals surface area contributed by atoms with Gasteiger partial charge in [0.15, 0.2) is 0 Å². The first kappa shape index (κ1) is 10.7. The van der Waals surface area contributed by atoms with Gasteiger partial charge in [-0.05, 0) is 17.9 Å². The van der Waals surface area contributed by atoms with Crippen LogP contribution >= 0.6 is 11.3 Å². The van der Waals surface area contributed by atoms with Gasteiger partial charge in [-0.15, -0.1) is 11.3 Å². The molecule has 0 aliphatic rings. The summed E-state index contributed by atoms with van der Waals surface area (Å²) in [6.07, 6.45) is 6.38. The zero-order valence-electron chi connectivity index (χ0n) is 8.33. The quantitative estimate of drug-likeness (QED) is 0.691. The Hall–Kier alpha value is -0.340. The van der Waals surface area contributed by atoms with E-state index in [1.807, 2.05) is 0 Å². The van der Waals surface area contributed by atoms with E-state index in [2.05, 4.69) is 24.4 Å². The highest BCUT2D eigenvalue weighted by molar-refractivity contribution is 7.10. The van der Waals surface area contributed by atoms with Crippen LogP contribution in [0, 0.1) is 0 Å². The van der Waals surface area contributed by atoms with E-state index >= 15 is 0 Å². The molecule has 1 aromatic rings. The van der Waals surface area contributed by atoms with Crippen LogP contribution in [0.25, 0.3) is 0 Å². The van der Waals surface area contributed by atoms with Crippen LogP contribution in [0.3, 0.4) is 0 Å². The van der Waals surface area contributed by atoms with Gasteiger partial charge < -0.3 is 5.73 Å². The molecule has 0 bridgehead atoms. The summed E-state index contributed by atoms with van der Waals surface area (Å²) in [7, 11) is 0. The highest BCUT2D eigenvalue weighted by Gasteiger charge is 2.05. The van der Waals surface area contributed by atoms with Gasteiger partial charge in [0.25, 0.3) is 0 Å². The van der Waals surface area contributed by atoms with E-state index in [-0.39, 0.29) is 6.04 Å². The Morgan fingerprint density at radius 3 is 2.85 bits per heavy atom. The summed E-state index contributed by atoms with van der Waals surface area (Å²) in [5.41, 5.74) is 6.03. The minimum atomic E-state index is 0.275. The molecule has 0 amide bonds. The Morgan fingerprint density at radius 2 is 2.23 bits per heavy atom. The van der Waals surface area contributed by atoms with E-state index in [0.717, 1.165) is 6.42 Å². The molecule has 1 unspecified atom stereocenters. The molecule has 0 spiro atoms. The Labute approximate surface area is 85.0 Å². The molecule has 1 rings (SSSR count). The maximum absolute atomic E-state index is 6.03. The normalized spacial score (nSPS) is 13.1. The largest absolute Gasteiger partial charge is 0.323 e. The number of unbranched alkanes of at least 4 members (excludes halogenated alkanes) is 3. The molecule has 0 fully saturated rings. The molecule has 1 heterocycles. The Balaban J connectivity index is 2.15. The number of thiophene rings is 1. The molecular weight excluding hydrogens is 178 g/mol. The smallest absolute Gasteiger partial charge is 0.0389 e. The Kier molecular flexibility index (Phi) is 5.09. The SMILES string of the molecule is CCCCCCC(N)c1cccs1. The van der Waals surface area contributed by atoms with E-state index in [1.54, 1.807) is 11.3 Å². The fourth-order valence-corrected chi connectivity index (χ4v) is 2.20. The molecule has 0 saturated carbocycles. The highest BCUT2D eigenvalue weighted by Crippen LogP contribution is 2.21. The lowest BCUT2D eigenvalue weighted by Crippen LogP contribution is -2.07. The van der Waals surface area contributed by atoms with Gasteiger partial charge in [-0.1, -0.05) is 38.7 Å². The second kappa shape index (κ2) is 6.17. The fourth-order valence-electron chi connectivity index (χ4n) is 1.44. The Morgan fingerprint density at radius 1 is 1.38 bits per heavy atom. The van der Waals surface area contributed by atoms with Crippen LogP contribution in [0.15, 0.2) is 17.5 Å². The van der Waals surface area contributed by atoms with Crippen molar-refractivity contribution < 1.29 is 0 Å². The van der Waals surface area contributed by atoms with Crippen LogP contribution < -0.4 is 5.73 Å². The molecule has 0 aromatic carbocycles. The van der Waals surface area contributed by atoms with E-state index in [1.165, 1.54) is 30.6 Å². The summed E-state index contributed by atoms with van der Waals surface area (Å²) >= 11 is 1.77. The van der Waals surface area contributed by atoms with Crippen LogP contribution in [0.1, 0.15) is 49.9 Å². The van der Waals surface area contributed by atoms with E-state index < -0.39 is 0 Å². The third kappa shape index (κ3) is 3.92. The Bertz CT molecular complexity index is 206. The maximum Gasteiger partial charge on any atom is 0.0389 e. The lowest BCUT2D eigenvalue weighted by molar-refractivity contribution is 0.571. The number of rotatable bonds is 6. The summed E-state index contributed by atoms with van der Waals surface area (Å²) in [6.45, 7) is 2.24.